The number of hydrogen-bond donors (Lipinski definition) is 0. The second kappa shape index (κ2) is 170. The fourth-order valence-corrected chi connectivity index (χ4v) is 0. The molecule has 0 aliphatic rings. The Morgan fingerprint density at radius 2 is 0.250 bits per heavy atom. The van der Waals surface area contributed by atoms with Crippen molar-refractivity contribution in [1.82, 2.24) is 0 Å². The summed E-state index contributed by atoms with van der Waals surface area (Å²) in [6, 6.07) is 0. The van der Waals surface area contributed by atoms with Crippen molar-refractivity contribution in [3.63, 3.8) is 0 Å². The summed E-state index contributed by atoms with van der Waals surface area (Å²) in [4.78, 5) is 0. The maximum absolute atomic E-state index is 0. The molecule has 0 saturated heterocycles. The molecule has 0 unspecified atom stereocenters. The standard InChI is InChI=1S/2Na.6H2O/h;;6*1H2. The third-order valence-corrected chi connectivity index (χ3v) is 0. The quantitative estimate of drug-likeness (QED) is 0.300. The predicted octanol–water partition coefficient (Wildman–Crippen LogP) is -5.71. The molecule has 0 aromatic rings. The summed E-state index contributed by atoms with van der Waals surface area (Å²) in [7, 11) is 0. The first-order valence-corrected chi connectivity index (χ1v) is 0. The third kappa shape index (κ3) is 114. The van der Waals surface area contributed by atoms with Gasteiger partial charge in [-0.25, -0.2) is 0 Å². The molecule has 0 saturated carbocycles. The van der Waals surface area contributed by atoms with E-state index >= 15 is 0 Å². The Kier molecular flexibility index (Phi) is 5150. The van der Waals surface area contributed by atoms with Crippen LogP contribution in [-0.4, -0.2) is 92.0 Å². The van der Waals surface area contributed by atoms with Crippen LogP contribution in [0.15, 0.2) is 0 Å². The topological polar surface area (TPSA) is 189 Å². The van der Waals surface area contributed by atoms with Crippen LogP contribution in [0.4, 0.5) is 0 Å². The zero-order chi connectivity index (χ0) is 0. The van der Waals surface area contributed by atoms with Gasteiger partial charge in [-0.05, 0) is 0 Å². The molecule has 0 spiro atoms. The van der Waals surface area contributed by atoms with Crippen molar-refractivity contribution in [1.29, 1.82) is 0 Å². The molecule has 50 valence electrons. The van der Waals surface area contributed by atoms with Crippen molar-refractivity contribution in [3.05, 3.63) is 0 Å². The van der Waals surface area contributed by atoms with Gasteiger partial charge in [0.1, 0.15) is 0 Å². The number of rotatable bonds is 0. The van der Waals surface area contributed by atoms with Gasteiger partial charge in [-0.1, -0.05) is 0 Å². The summed E-state index contributed by atoms with van der Waals surface area (Å²) in [5.74, 6) is 0. The molecular formula is H12Na2O6. The Bertz CT molecular complexity index is 6.49. The fraction of sp³-hybridized carbons (Fsp3) is 0. The second-order valence-corrected chi connectivity index (χ2v) is 0. The van der Waals surface area contributed by atoms with E-state index in [2.05, 4.69) is 0 Å². The maximum Gasteiger partial charge on any atom is 0 e. The van der Waals surface area contributed by atoms with Crippen LogP contribution in [0, 0.1) is 0 Å². The molecule has 0 rings (SSSR count). The van der Waals surface area contributed by atoms with Crippen LogP contribution in [-0.2, 0) is 0 Å². The number of hydrogen-bond acceptors (Lipinski definition) is 0. The van der Waals surface area contributed by atoms with Crippen LogP contribution in [0.25, 0.3) is 0 Å². The van der Waals surface area contributed by atoms with Gasteiger partial charge in [0.2, 0.25) is 0 Å². The average molecular weight is 154 g/mol. The minimum Gasteiger partial charge on any atom is -0.412 e. The van der Waals surface area contributed by atoms with Crippen LogP contribution in [0.1, 0.15) is 0 Å². The Hall–Kier alpha value is 1.76. The third-order valence-electron chi connectivity index (χ3n) is 0. The van der Waals surface area contributed by atoms with Crippen molar-refractivity contribution in [2.24, 2.45) is 0 Å². The molecule has 0 bridgehead atoms. The van der Waals surface area contributed by atoms with Gasteiger partial charge in [0, 0.05) is 59.1 Å². The molecule has 2 radical (unpaired) electrons. The summed E-state index contributed by atoms with van der Waals surface area (Å²) < 4.78 is 0. The summed E-state index contributed by atoms with van der Waals surface area (Å²) in [6.45, 7) is 0. The van der Waals surface area contributed by atoms with Gasteiger partial charge in [0.25, 0.3) is 0 Å². The Morgan fingerprint density at radius 3 is 0.250 bits per heavy atom. The molecule has 0 atom stereocenters. The molecule has 0 aromatic heterocycles. The van der Waals surface area contributed by atoms with Crippen molar-refractivity contribution in [2.75, 3.05) is 0 Å². The van der Waals surface area contributed by atoms with E-state index in [0.717, 1.165) is 0 Å². The first-order valence-electron chi connectivity index (χ1n) is 0. The zero-order valence-electron chi connectivity index (χ0n) is 5.00. The first kappa shape index (κ1) is 242. The monoisotopic (exact) mass is 154 g/mol. The minimum absolute atomic E-state index is 0. The van der Waals surface area contributed by atoms with Crippen LogP contribution in [0.2, 0.25) is 0 Å². The van der Waals surface area contributed by atoms with Gasteiger partial charge in [-0.3, -0.25) is 0 Å². The molecule has 8 heteroatoms. The summed E-state index contributed by atoms with van der Waals surface area (Å²) in [6.07, 6.45) is 0. The summed E-state index contributed by atoms with van der Waals surface area (Å²) in [5.41, 5.74) is 0. The maximum atomic E-state index is 0. The van der Waals surface area contributed by atoms with Gasteiger partial charge in [0.15, 0.2) is 0 Å². The summed E-state index contributed by atoms with van der Waals surface area (Å²) >= 11 is 0. The zero-order valence-corrected chi connectivity index (χ0v) is 9.00. The molecule has 0 aliphatic carbocycles. The van der Waals surface area contributed by atoms with E-state index in [1.807, 2.05) is 0 Å². The molecule has 0 heterocycles. The fourth-order valence-electron chi connectivity index (χ4n) is 0. The SMILES string of the molecule is O.O.O.O.O.O.[Na].[Na]. The van der Waals surface area contributed by atoms with Crippen LogP contribution >= 0.6 is 0 Å². The van der Waals surface area contributed by atoms with Crippen molar-refractivity contribution < 1.29 is 32.9 Å². The van der Waals surface area contributed by atoms with E-state index in [1.54, 1.807) is 0 Å². The van der Waals surface area contributed by atoms with E-state index in [0.29, 0.717) is 0 Å². The van der Waals surface area contributed by atoms with E-state index in [1.165, 1.54) is 0 Å². The van der Waals surface area contributed by atoms with Crippen LogP contribution < -0.4 is 0 Å². The van der Waals surface area contributed by atoms with Gasteiger partial charge < -0.3 is 32.9 Å². The average Bonchev–Trinajstić information content (AvgIpc) is 0. The molecular weight excluding hydrogens is 142 g/mol. The molecule has 0 amide bonds. The van der Waals surface area contributed by atoms with Gasteiger partial charge in [0.05, 0.1) is 0 Å². The molecule has 0 aliphatic heterocycles. The van der Waals surface area contributed by atoms with Crippen molar-refractivity contribution in [2.45, 2.75) is 0 Å². The molecule has 12 N–H and O–H groups in total. The molecule has 0 fully saturated rings. The van der Waals surface area contributed by atoms with E-state index in [-0.39, 0.29) is 92.0 Å². The first-order chi connectivity index (χ1) is 0. The molecule has 8 heavy (non-hydrogen) atoms. The smallest absolute Gasteiger partial charge is 0 e. The molecule has 6 nitrogen and oxygen atoms in total. The van der Waals surface area contributed by atoms with Gasteiger partial charge in [-0.2, -0.15) is 0 Å². The van der Waals surface area contributed by atoms with E-state index < -0.39 is 0 Å². The van der Waals surface area contributed by atoms with Gasteiger partial charge >= 0.3 is 0 Å². The van der Waals surface area contributed by atoms with E-state index in [4.69, 9.17) is 0 Å². The normalized spacial score (nSPS) is 0. The largest absolute Gasteiger partial charge is 0.412 e. The second-order valence-electron chi connectivity index (χ2n) is 0. The Morgan fingerprint density at radius 1 is 0.250 bits per heavy atom. The van der Waals surface area contributed by atoms with E-state index in [9.17, 15) is 0 Å². The molecule has 0 aromatic carbocycles. The van der Waals surface area contributed by atoms with Crippen molar-refractivity contribution >= 4 is 59.1 Å². The predicted molar refractivity (Wildman–Crippen MR) is 33.2 cm³/mol. The van der Waals surface area contributed by atoms with Crippen molar-refractivity contribution in [3.8, 4) is 0 Å². The minimum atomic E-state index is 0. The van der Waals surface area contributed by atoms with Gasteiger partial charge in [-0.15, -0.1) is 0 Å². The Labute approximate surface area is 91.1 Å². The Balaban J connectivity index is 0. The van der Waals surface area contributed by atoms with Crippen LogP contribution in [0.3, 0.4) is 0 Å². The summed E-state index contributed by atoms with van der Waals surface area (Å²) in [5, 5.41) is 0. The van der Waals surface area contributed by atoms with Crippen LogP contribution in [0.5, 0.6) is 0 Å².